The molecule has 0 aromatic heterocycles. The minimum absolute atomic E-state index is 0.0881. The van der Waals surface area contributed by atoms with Crippen molar-refractivity contribution in [3.63, 3.8) is 0 Å². The molecule has 0 spiro atoms. The van der Waals surface area contributed by atoms with Gasteiger partial charge in [-0.05, 0) is 68.8 Å². The highest BCUT2D eigenvalue weighted by atomic mass is 35.5. The SMILES string of the molecule is CNS(=O)(=O)c1cc(C(=O)Nc2ccc(C)cc2Cl)cc(C)c1C. The quantitative estimate of drug-likeness (QED) is 0.870. The third kappa shape index (κ3) is 3.77. The lowest BCUT2D eigenvalue weighted by Gasteiger charge is -2.13. The number of sulfonamides is 1. The largest absolute Gasteiger partial charge is 0.321 e. The molecule has 0 aliphatic rings. The topological polar surface area (TPSA) is 75.3 Å². The number of halogens is 1. The molecule has 24 heavy (non-hydrogen) atoms. The van der Waals surface area contributed by atoms with Gasteiger partial charge < -0.3 is 5.32 Å². The van der Waals surface area contributed by atoms with E-state index in [-0.39, 0.29) is 10.5 Å². The van der Waals surface area contributed by atoms with Crippen molar-refractivity contribution < 1.29 is 13.2 Å². The second-order valence-corrected chi connectivity index (χ2v) is 7.82. The van der Waals surface area contributed by atoms with Crippen molar-refractivity contribution in [3.8, 4) is 0 Å². The van der Waals surface area contributed by atoms with E-state index in [2.05, 4.69) is 10.0 Å². The lowest BCUT2D eigenvalue weighted by Crippen LogP contribution is -2.21. The van der Waals surface area contributed by atoms with E-state index in [0.29, 0.717) is 21.8 Å². The molecular weight excluding hydrogens is 348 g/mol. The Morgan fingerprint density at radius 1 is 1.08 bits per heavy atom. The molecule has 2 aromatic carbocycles. The Morgan fingerprint density at radius 2 is 1.75 bits per heavy atom. The molecule has 1 amide bonds. The van der Waals surface area contributed by atoms with Gasteiger partial charge in [0, 0.05) is 5.56 Å². The van der Waals surface area contributed by atoms with Crippen LogP contribution < -0.4 is 10.0 Å². The summed E-state index contributed by atoms with van der Waals surface area (Å²) in [5, 5.41) is 3.14. The number of carbonyl (C=O) groups excluding carboxylic acids is 1. The van der Waals surface area contributed by atoms with Crippen LogP contribution in [0, 0.1) is 20.8 Å². The van der Waals surface area contributed by atoms with Crippen molar-refractivity contribution >= 4 is 33.2 Å². The Kier molecular flexibility index (Phi) is 5.32. The first-order valence-corrected chi connectivity index (χ1v) is 9.14. The molecule has 0 saturated carbocycles. The predicted octanol–water partition coefficient (Wildman–Crippen LogP) is 3.43. The average Bonchev–Trinajstić information content (AvgIpc) is 2.52. The first-order chi connectivity index (χ1) is 11.2. The monoisotopic (exact) mass is 366 g/mol. The van der Waals surface area contributed by atoms with Crippen LogP contribution in [0.15, 0.2) is 35.2 Å². The van der Waals surface area contributed by atoms with Crippen LogP contribution in [-0.2, 0) is 10.0 Å². The zero-order valence-electron chi connectivity index (χ0n) is 13.9. The van der Waals surface area contributed by atoms with Gasteiger partial charge in [-0.15, -0.1) is 0 Å². The van der Waals surface area contributed by atoms with Gasteiger partial charge in [0.05, 0.1) is 15.6 Å². The van der Waals surface area contributed by atoms with E-state index in [1.54, 1.807) is 32.0 Å². The Balaban J connectivity index is 2.43. The first kappa shape index (κ1) is 18.4. The average molecular weight is 367 g/mol. The van der Waals surface area contributed by atoms with Crippen LogP contribution >= 0.6 is 11.6 Å². The maximum absolute atomic E-state index is 12.5. The van der Waals surface area contributed by atoms with Crippen molar-refractivity contribution in [1.82, 2.24) is 4.72 Å². The summed E-state index contributed by atoms with van der Waals surface area (Å²) >= 11 is 6.12. The number of benzene rings is 2. The normalized spacial score (nSPS) is 11.4. The number of nitrogens with one attached hydrogen (secondary N) is 2. The zero-order chi connectivity index (χ0) is 18.1. The summed E-state index contributed by atoms with van der Waals surface area (Å²) in [5.41, 5.74) is 3.03. The van der Waals surface area contributed by atoms with E-state index in [1.807, 2.05) is 13.0 Å². The minimum Gasteiger partial charge on any atom is -0.321 e. The molecule has 7 heteroatoms. The molecular formula is C17H19ClN2O3S. The molecule has 0 aliphatic carbocycles. The standard InChI is InChI=1S/C17H19ClN2O3S/c1-10-5-6-15(14(18)7-10)20-17(21)13-8-11(2)12(3)16(9-13)24(22,23)19-4/h5-9,19H,1-4H3,(H,20,21). The fourth-order valence-corrected chi connectivity index (χ4v) is 3.61. The summed E-state index contributed by atoms with van der Waals surface area (Å²) in [6, 6.07) is 8.31. The number of anilines is 1. The fraction of sp³-hybridized carbons (Fsp3) is 0.235. The van der Waals surface area contributed by atoms with Crippen molar-refractivity contribution in [1.29, 1.82) is 0 Å². The van der Waals surface area contributed by atoms with Gasteiger partial charge >= 0.3 is 0 Å². The summed E-state index contributed by atoms with van der Waals surface area (Å²) in [6.07, 6.45) is 0. The number of aryl methyl sites for hydroxylation is 2. The second kappa shape index (κ2) is 6.93. The van der Waals surface area contributed by atoms with Crippen LogP contribution in [-0.4, -0.2) is 21.4 Å². The highest BCUT2D eigenvalue weighted by molar-refractivity contribution is 7.89. The molecule has 0 bridgehead atoms. The van der Waals surface area contributed by atoms with Gasteiger partial charge in [0.2, 0.25) is 10.0 Å². The maximum Gasteiger partial charge on any atom is 0.255 e. The van der Waals surface area contributed by atoms with Crippen molar-refractivity contribution in [2.75, 3.05) is 12.4 Å². The molecule has 2 rings (SSSR count). The maximum atomic E-state index is 12.5. The van der Waals surface area contributed by atoms with Crippen LogP contribution in [0.25, 0.3) is 0 Å². The molecule has 0 aliphatic heterocycles. The van der Waals surface area contributed by atoms with Gasteiger partial charge in [-0.25, -0.2) is 13.1 Å². The lowest BCUT2D eigenvalue weighted by molar-refractivity contribution is 0.102. The van der Waals surface area contributed by atoms with Gasteiger partial charge in [-0.1, -0.05) is 17.7 Å². The summed E-state index contributed by atoms with van der Waals surface area (Å²) in [7, 11) is -2.31. The molecule has 0 radical (unpaired) electrons. The highest BCUT2D eigenvalue weighted by Crippen LogP contribution is 2.25. The summed E-state index contributed by atoms with van der Waals surface area (Å²) in [4.78, 5) is 12.6. The smallest absolute Gasteiger partial charge is 0.255 e. The fourth-order valence-electron chi connectivity index (χ4n) is 2.26. The molecule has 0 heterocycles. The number of rotatable bonds is 4. The third-order valence-electron chi connectivity index (χ3n) is 3.81. The van der Waals surface area contributed by atoms with Crippen LogP contribution in [0.1, 0.15) is 27.0 Å². The van der Waals surface area contributed by atoms with E-state index in [9.17, 15) is 13.2 Å². The van der Waals surface area contributed by atoms with Crippen LogP contribution in [0.2, 0.25) is 5.02 Å². The molecule has 0 saturated heterocycles. The Labute approximate surface area is 147 Å². The minimum atomic E-state index is -3.65. The first-order valence-electron chi connectivity index (χ1n) is 7.28. The van der Waals surface area contributed by atoms with Crippen LogP contribution in [0.5, 0.6) is 0 Å². The van der Waals surface area contributed by atoms with Crippen molar-refractivity contribution in [2.24, 2.45) is 0 Å². The van der Waals surface area contributed by atoms with Crippen LogP contribution in [0.3, 0.4) is 0 Å². The van der Waals surface area contributed by atoms with Gasteiger partial charge in [-0.3, -0.25) is 4.79 Å². The predicted molar refractivity (Wildman–Crippen MR) is 96.3 cm³/mol. The Hall–Kier alpha value is -1.89. The highest BCUT2D eigenvalue weighted by Gasteiger charge is 2.19. The molecule has 0 unspecified atom stereocenters. The number of hydrogen-bond donors (Lipinski definition) is 2. The van der Waals surface area contributed by atoms with Gasteiger partial charge in [0.25, 0.3) is 5.91 Å². The zero-order valence-corrected chi connectivity index (χ0v) is 15.5. The van der Waals surface area contributed by atoms with Gasteiger partial charge in [0.1, 0.15) is 0 Å². The number of amides is 1. The second-order valence-electron chi connectivity index (χ2n) is 5.56. The molecule has 2 N–H and O–H groups in total. The van der Waals surface area contributed by atoms with Gasteiger partial charge in [0.15, 0.2) is 0 Å². The Morgan fingerprint density at radius 3 is 2.33 bits per heavy atom. The number of carbonyl (C=O) groups is 1. The van der Waals surface area contributed by atoms with E-state index < -0.39 is 15.9 Å². The summed E-state index contributed by atoms with van der Waals surface area (Å²) in [5.74, 6) is -0.420. The lowest BCUT2D eigenvalue weighted by atomic mass is 10.1. The molecule has 5 nitrogen and oxygen atoms in total. The van der Waals surface area contributed by atoms with Gasteiger partial charge in [-0.2, -0.15) is 0 Å². The molecule has 128 valence electrons. The van der Waals surface area contributed by atoms with E-state index >= 15 is 0 Å². The van der Waals surface area contributed by atoms with Crippen molar-refractivity contribution in [2.45, 2.75) is 25.7 Å². The Bertz CT molecular complexity index is 908. The van der Waals surface area contributed by atoms with E-state index in [0.717, 1.165) is 5.56 Å². The van der Waals surface area contributed by atoms with E-state index in [4.69, 9.17) is 11.6 Å². The summed E-state index contributed by atoms with van der Waals surface area (Å²) < 4.78 is 26.5. The molecule has 0 fully saturated rings. The van der Waals surface area contributed by atoms with Crippen molar-refractivity contribution in [3.05, 3.63) is 57.6 Å². The number of hydrogen-bond acceptors (Lipinski definition) is 3. The summed E-state index contributed by atoms with van der Waals surface area (Å²) in [6.45, 7) is 5.37. The van der Waals surface area contributed by atoms with E-state index in [1.165, 1.54) is 13.1 Å². The molecule has 0 atom stereocenters. The third-order valence-corrected chi connectivity index (χ3v) is 5.67. The van der Waals surface area contributed by atoms with Crippen LogP contribution in [0.4, 0.5) is 5.69 Å². The molecule has 2 aromatic rings.